The quantitative estimate of drug-likeness (QED) is 0.788. The van der Waals surface area contributed by atoms with Crippen molar-refractivity contribution in [1.29, 1.82) is 0 Å². The molecule has 1 saturated carbocycles. The number of ether oxygens (including phenoxy) is 1. The zero-order chi connectivity index (χ0) is 14.0. The molecule has 20 heavy (non-hydrogen) atoms. The van der Waals surface area contributed by atoms with Gasteiger partial charge in [-0.2, -0.15) is 0 Å². The van der Waals surface area contributed by atoms with Crippen LogP contribution >= 0.6 is 0 Å². The first-order valence-electron chi connectivity index (χ1n) is 7.70. The van der Waals surface area contributed by atoms with Crippen molar-refractivity contribution < 1.29 is 9.53 Å². The van der Waals surface area contributed by atoms with Crippen molar-refractivity contribution in [2.24, 2.45) is 0 Å². The number of Topliss-reactive ketones (excluding diaryl/α,β-unsaturated/α-hetero) is 1. The van der Waals surface area contributed by atoms with E-state index < -0.39 is 0 Å². The minimum Gasteiger partial charge on any atom is -0.497 e. The van der Waals surface area contributed by atoms with Gasteiger partial charge < -0.3 is 4.74 Å². The van der Waals surface area contributed by atoms with Gasteiger partial charge in [-0.05, 0) is 63.0 Å². The molecule has 3 heteroatoms. The van der Waals surface area contributed by atoms with Crippen LogP contribution in [-0.4, -0.2) is 36.4 Å². The lowest BCUT2D eigenvalue weighted by atomic mass is 9.86. The summed E-state index contributed by atoms with van der Waals surface area (Å²) in [6.45, 7) is 2.17. The van der Waals surface area contributed by atoms with E-state index in [4.69, 9.17) is 4.74 Å². The van der Waals surface area contributed by atoms with Gasteiger partial charge >= 0.3 is 0 Å². The van der Waals surface area contributed by atoms with Crippen LogP contribution < -0.4 is 4.74 Å². The maximum absolute atomic E-state index is 13.1. The average Bonchev–Trinajstić information content (AvgIpc) is 3.18. The third-order valence-electron chi connectivity index (χ3n) is 4.92. The van der Waals surface area contributed by atoms with Crippen LogP contribution in [0.15, 0.2) is 24.3 Å². The van der Waals surface area contributed by atoms with Gasteiger partial charge in [0.05, 0.1) is 12.6 Å². The fourth-order valence-electron chi connectivity index (χ4n) is 3.80. The molecule has 0 radical (unpaired) electrons. The van der Waals surface area contributed by atoms with Crippen LogP contribution in [-0.2, 0) is 0 Å². The molecule has 0 spiro atoms. The summed E-state index contributed by atoms with van der Waals surface area (Å²) in [4.78, 5) is 15.5. The second-order valence-electron chi connectivity index (χ2n) is 5.99. The molecule has 0 amide bonds. The van der Waals surface area contributed by atoms with Crippen molar-refractivity contribution in [2.45, 2.75) is 44.1 Å². The molecule has 0 bridgehead atoms. The Morgan fingerprint density at radius 1 is 1.05 bits per heavy atom. The molecule has 0 N–H and O–H groups in total. The summed E-state index contributed by atoms with van der Waals surface area (Å²) < 4.78 is 5.18. The normalized spacial score (nSPS) is 22.1. The number of benzene rings is 1. The summed E-state index contributed by atoms with van der Waals surface area (Å²) in [6, 6.07) is 7.61. The van der Waals surface area contributed by atoms with Crippen molar-refractivity contribution in [3.8, 4) is 5.75 Å². The number of hydrogen-bond donors (Lipinski definition) is 0. The van der Waals surface area contributed by atoms with E-state index in [-0.39, 0.29) is 5.54 Å². The highest BCUT2D eigenvalue weighted by atomic mass is 16.5. The van der Waals surface area contributed by atoms with Gasteiger partial charge in [0.2, 0.25) is 0 Å². The molecule has 1 saturated heterocycles. The number of rotatable bonds is 4. The number of hydrogen-bond acceptors (Lipinski definition) is 3. The van der Waals surface area contributed by atoms with E-state index in [9.17, 15) is 4.79 Å². The lowest BCUT2D eigenvalue weighted by Crippen LogP contribution is -2.51. The zero-order valence-electron chi connectivity index (χ0n) is 12.2. The van der Waals surface area contributed by atoms with Crippen molar-refractivity contribution in [3.63, 3.8) is 0 Å². The van der Waals surface area contributed by atoms with Crippen molar-refractivity contribution in [1.82, 2.24) is 4.90 Å². The predicted octanol–water partition coefficient (Wildman–Crippen LogP) is 3.29. The van der Waals surface area contributed by atoms with Crippen molar-refractivity contribution in [2.75, 3.05) is 20.2 Å². The van der Waals surface area contributed by atoms with Gasteiger partial charge in [0.1, 0.15) is 5.75 Å². The summed E-state index contributed by atoms with van der Waals surface area (Å²) in [5, 5.41) is 0. The number of methoxy groups -OCH3 is 1. The SMILES string of the molecule is COc1ccc(C(=O)C2(N3CCCC3)CCCC2)cc1. The number of carbonyl (C=O) groups excluding carboxylic acids is 1. The molecule has 0 aromatic heterocycles. The van der Waals surface area contributed by atoms with Crippen molar-refractivity contribution >= 4 is 5.78 Å². The van der Waals surface area contributed by atoms with Crippen molar-refractivity contribution in [3.05, 3.63) is 29.8 Å². The summed E-state index contributed by atoms with van der Waals surface area (Å²) >= 11 is 0. The van der Waals surface area contributed by atoms with Crippen LogP contribution in [0.1, 0.15) is 48.9 Å². The fraction of sp³-hybridized carbons (Fsp3) is 0.588. The van der Waals surface area contributed by atoms with E-state index in [1.165, 1.54) is 25.7 Å². The minimum atomic E-state index is -0.217. The second kappa shape index (κ2) is 5.57. The van der Waals surface area contributed by atoms with E-state index in [0.717, 1.165) is 37.2 Å². The van der Waals surface area contributed by atoms with Gasteiger partial charge in [-0.3, -0.25) is 9.69 Å². The maximum Gasteiger partial charge on any atom is 0.183 e. The molecule has 1 aliphatic heterocycles. The second-order valence-corrected chi connectivity index (χ2v) is 5.99. The summed E-state index contributed by atoms with van der Waals surface area (Å²) in [5.74, 6) is 1.13. The highest BCUT2D eigenvalue weighted by molar-refractivity contribution is 6.03. The average molecular weight is 273 g/mol. The van der Waals surface area contributed by atoms with E-state index in [0.29, 0.717) is 5.78 Å². The molecule has 1 aromatic carbocycles. The number of nitrogens with zero attached hydrogens (tertiary/aromatic N) is 1. The molecular weight excluding hydrogens is 250 g/mol. The minimum absolute atomic E-state index is 0.217. The largest absolute Gasteiger partial charge is 0.497 e. The summed E-state index contributed by atoms with van der Waals surface area (Å²) in [7, 11) is 1.65. The fourth-order valence-corrected chi connectivity index (χ4v) is 3.80. The molecule has 0 atom stereocenters. The highest BCUT2D eigenvalue weighted by Gasteiger charge is 2.46. The van der Waals surface area contributed by atoms with Gasteiger partial charge in [0, 0.05) is 5.56 Å². The smallest absolute Gasteiger partial charge is 0.183 e. The van der Waals surface area contributed by atoms with Crippen LogP contribution in [0.25, 0.3) is 0 Å². The lowest BCUT2D eigenvalue weighted by molar-refractivity contribution is 0.0626. The van der Waals surface area contributed by atoms with E-state index >= 15 is 0 Å². The lowest BCUT2D eigenvalue weighted by Gasteiger charge is -2.37. The topological polar surface area (TPSA) is 29.5 Å². The standard InChI is InChI=1S/C17H23NO2/c1-20-15-8-6-14(7-9-15)16(19)17(10-2-3-11-17)18-12-4-5-13-18/h6-9H,2-5,10-13H2,1H3. The Morgan fingerprint density at radius 3 is 2.20 bits per heavy atom. The Bertz CT molecular complexity index is 468. The zero-order valence-corrected chi connectivity index (χ0v) is 12.2. The van der Waals surface area contributed by atoms with Gasteiger partial charge in [0.15, 0.2) is 5.78 Å². The molecule has 1 aliphatic carbocycles. The predicted molar refractivity (Wildman–Crippen MR) is 79.3 cm³/mol. The molecule has 2 aliphatic rings. The first-order valence-corrected chi connectivity index (χ1v) is 7.70. The molecule has 108 valence electrons. The number of likely N-dealkylation sites (tertiary alicyclic amines) is 1. The van der Waals surface area contributed by atoms with Crippen LogP contribution in [0.2, 0.25) is 0 Å². The van der Waals surface area contributed by atoms with Gasteiger partial charge in [-0.25, -0.2) is 0 Å². The van der Waals surface area contributed by atoms with E-state index in [1.807, 2.05) is 24.3 Å². The number of ketones is 1. The van der Waals surface area contributed by atoms with Crippen LogP contribution in [0.4, 0.5) is 0 Å². The molecule has 3 rings (SSSR count). The third kappa shape index (κ3) is 2.24. The Labute approximate surface area is 120 Å². The summed E-state index contributed by atoms with van der Waals surface area (Å²) in [6.07, 6.45) is 6.88. The summed E-state index contributed by atoms with van der Waals surface area (Å²) in [5.41, 5.74) is 0.616. The molecule has 3 nitrogen and oxygen atoms in total. The molecular formula is C17H23NO2. The Hall–Kier alpha value is -1.35. The van der Waals surface area contributed by atoms with E-state index in [2.05, 4.69) is 4.90 Å². The Balaban J connectivity index is 1.88. The van der Waals surface area contributed by atoms with E-state index in [1.54, 1.807) is 7.11 Å². The van der Waals surface area contributed by atoms with Crippen LogP contribution in [0, 0.1) is 0 Å². The Kier molecular flexibility index (Phi) is 3.79. The van der Waals surface area contributed by atoms with Gasteiger partial charge in [-0.15, -0.1) is 0 Å². The first kappa shape index (κ1) is 13.6. The monoisotopic (exact) mass is 273 g/mol. The van der Waals surface area contributed by atoms with Gasteiger partial charge in [0.25, 0.3) is 0 Å². The van der Waals surface area contributed by atoms with Crippen LogP contribution in [0.3, 0.4) is 0 Å². The van der Waals surface area contributed by atoms with Gasteiger partial charge in [-0.1, -0.05) is 12.8 Å². The van der Waals surface area contributed by atoms with Crippen LogP contribution in [0.5, 0.6) is 5.75 Å². The first-order chi connectivity index (χ1) is 9.76. The molecule has 2 fully saturated rings. The molecule has 0 unspecified atom stereocenters. The Morgan fingerprint density at radius 2 is 1.65 bits per heavy atom. The highest BCUT2D eigenvalue weighted by Crippen LogP contribution is 2.40. The maximum atomic E-state index is 13.1. The third-order valence-corrected chi connectivity index (χ3v) is 4.92. The number of carbonyl (C=O) groups is 1. The molecule has 1 heterocycles. The molecule has 1 aromatic rings.